The fourth-order valence-corrected chi connectivity index (χ4v) is 4.51. The Morgan fingerprint density at radius 2 is 2.27 bits per heavy atom. The fraction of sp³-hybridized carbons (Fsp3) is 0.824. The maximum Gasteiger partial charge on any atom is 0.107 e. The third-order valence-corrected chi connectivity index (χ3v) is 5.72. The topological polar surface area (TPSA) is 46.2 Å². The molecule has 1 saturated carbocycles. The van der Waals surface area contributed by atoms with E-state index in [1.165, 1.54) is 30.0 Å². The normalized spacial score (nSPS) is 29.9. The summed E-state index contributed by atoms with van der Waals surface area (Å²) in [7, 11) is 0. The number of morpholine rings is 1. The van der Waals surface area contributed by atoms with Crippen molar-refractivity contribution in [1.29, 1.82) is 0 Å². The minimum absolute atomic E-state index is 0.147. The van der Waals surface area contributed by atoms with Crippen LogP contribution >= 0.6 is 11.3 Å². The molecule has 0 amide bonds. The van der Waals surface area contributed by atoms with Gasteiger partial charge in [-0.3, -0.25) is 0 Å². The molecular weight excluding hydrogens is 294 g/mol. The standard InChI is InChI=1S/C17H29N3OS/c1-17(2,3)15-11-22-16(20-15)9-19-13-6-4-5-12(13)14-10-21-8-7-18-14/h11-14,18-19H,4-10H2,1-3H3. The SMILES string of the molecule is CC(C)(C)c1csc(CNC2CCCC2C2COCCN2)n1. The van der Waals surface area contributed by atoms with Crippen LogP contribution in [-0.2, 0) is 16.7 Å². The second-order valence-corrected chi connectivity index (χ2v) is 8.54. The molecule has 1 aromatic heterocycles. The third-order valence-electron chi connectivity index (χ3n) is 4.87. The maximum atomic E-state index is 5.65. The molecule has 3 unspecified atom stereocenters. The molecule has 2 heterocycles. The first kappa shape index (κ1) is 16.4. The van der Waals surface area contributed by atoms with Crippen molar-refractivity contribution >= 4 is 11.3 Å². The number of nitrogens with zero attached hydrogens (tertiary/aromatic N) is 1. The van der Waals surface area contributed by atoms with Crippen LogP contribution in [0, 0.1) is 5.92 Å². The van der Waals surface area contributed by atoms with Gasteiger partial charge in [0.15, 0.2) is 0 Å². The van der Waals surface area contributed by atoms with Crippen LogP contribution in [0.1, 0.15) is 50.7 Å². The van der Waals surface area contributed by atoms with Crippen LogP contribution in [0.15, 0.2) is 5.38 Å². The van der Waals surface area contributed by atoms with Gasteiger partial charge in [-0.05, 0) is 18.8 Å². The minimum Gasteiger partial charge on any atom is -0.379 e. The van der Waals surface area contributed by atoms with Crippen molar-refractivity contribution in [2.75, 3.05) is 19.8 Å². The van der Waals surface area contributed by atoms with Crippen molar-refractivity contribution in [3.63, 3.8) is 0 Å². The molecule has 22 heavy (non-hydrogen) atoms. The van der Waals surface area contributed by atoms with Crippen LogP contribution in [0.5, 0.6) is 0 Å². The molecule has 3 rings (SSSR count). The largest absolute Gasteiger partial charge is 0.379 e. The van der Waals surface area contributed by atoms with Crippen LogP contribution in [0.4, 0.5) is 0 Å². The first-order chi connectivity index (χ1) is 10.5. The summed E-state index contributed by atoms with van der Waals surface area (Å²) in [5.74, 6) is 0.697. The number of rotatable bonds is 4. The van der Waals surface area contributed by atoms with Gasteiger partial charge >= 0.3 is 0 Å². The van der Waals surface area contributed by atoms with Crippen molar-refractivity contribution in [1.82, 2.24) is 15.6 Å². The number of ether oxygens (including phenoxy) is 1. The van der Waals surface area contributed by atoms with Gasteiger partial charge < -0.3 is 15.4 Å². The Morgan fingerprint density at radius 3 is 2.95 bits per heavy atom. The second kappa shape index (κ2) is 6.95. The molecule has 5 heteroatoms. The molecule has 0 radical (unpaired) electrons. The average molecular weight is 324 g/mol. The Balaban J connectivity index is 1.55. The molecular formula is C17H29N3OS. The van der Waals surface area contributed by atoms with Gasteiger partial charge in [-0.2, -0.15) is 0 Å². The van der Waals surface area contributed by atoms with Gasteiger partial charge in [0, 0.05) is 36.0 Å². The minimum atomic E-state index is 0.147. The van der Waals surface area contributed by atoms with Crippen molar-refractivity contribution in [3.05, 3.63) is 16.1 Å². The molecule has 1 aliphatic carbocycles. The van der Waals surface area contributed by atoms with E-state index >= 15 is 0 Å². The highest BCUT2D eigenvalue weighted by Crippen LogP contribution is 2.30. The molecule has 124 valence electrons. The van der Waals surface area contributed by atoms with Crippen LogP contribution < -0.4 is 10.6 Å². The Hall–Kier alpha value is -0.490. The van der Waals surface area contributed by atoms with E-state index in [1.54, 1.807) is 11.3 Å². The zero-order valence-corrected chi connectivity index (χ0v) is 14.8. The van der Waals surface area contributed by atoms with Crippen molar-refractivity contribution < 1.29 is 4.74 Å². The molecule has 2 aliphatic rings. The van der Waals surface area contributed by atoms with Gasteiger partial charge in [0.1, 0.15) is 5.01 Å². The highest BCUT2D eigenvalue weighted by atomic mass is 32.1. The van der Waals surface area contributed by atoms with E-state index in [9.17, 15) is 0 Å². The Labute approximate surface area is 138 Å². The lowest BCUT2D eigenvalue weighted by molar-refractivity contribution is 0.0524. The van der Waals surface area contributed by atoms with E-state index in [4.69, 9.17) is 9.72 Å². The third kappa shape index (κ3) is 3.88. The highest BCUT2D eigenvalue weighted by molar-refractivity contribution is 7.09. The molecule has 1 saturated heterocycles. The Kier molecular flexibility index (Phi) is 5.17. The van der Waals surface area contributed by atoms with Gasteiger partial charge in [0.25, 0.3) is 0 Å². The number of hydrogen-bond acceptors (Lipinski definition) is 5. The zero-order valence-electron chi connectivity index (χ0n) is 14.0. The summed E-state index contributed by atoms with van der Waals surface area (Å²) in [4.78, 5) is 4.80. The van der Waals surface area contributed by atoms with E-state index in [-0.39, 0.29) is 5.41 Å². The second-order valence-electron chi connectivity index (χ2n) is 7.59. The summed E-state index contributed by atoms with van der Waals surface area (Å²) in [5.41, 5.74) is 1.35. The molecule has 4 nitrogen and oxygen atoms in total. The van der Waals surface area contributed by atoms with E-state index in [1.807, 2.05) is 0 Å². The Bertz CT molecular complexity index is 476. The summed E-state index contributed by atoms with van der Waals surface area (Å²) in [6, 6.07) is 1.12. The van der Waals surface area contributed by atoms with E-state index in [0.29, 0.717) is 18.0 Å². The molecule has 2 fully saturated rings. The van der Waals surface area contributed by atoms with Crippen molar-refractivity contribution in [3.8, 4) is 0 Å². The first-order valence-electron chi connectivity index (χ1n) is 8.53. The molecule has 1 aliphatic heterocycles. The van der Waals surface area contributed by atoms with Gasteiger partial charge in [0.05, 0.1) is 18.9 Å². The van der Waals surface area contributed by atoms with Gasteiger partial charge in [-0.1, -0.05) is 27.2 Å². The molecule has 2 N–H and O–H groups in total. The van der Waals surface area contributed by atoms with Crippen LogP contribution in [0.25, 0.3) is 0 Å². The predicted octanol–water partition coefficient (Wildman–Crippen LogP) is 2.69. The van der Waals surface area contributed by atoms with Crippen LogP contribution in [0.3, 0.4) is 0 Å². The summed E-state index contributed by atoms with van der Waals surface area (Å²) < 4.78 is 5.65. The lowest BCUT2D eigenvalue weighted by Gasteiger charge is -2.32. The highest BCUT2D eigenvalue weighted by Gasteiger charge is 2.34. The fourth-order valence-electron chi connectivity index (χ4n) is 3.54. The average Bonchev–Trinajstić information content (AvgIpc) is 3.14. The lowest BCUT2D eigenvalue weighted by atomic mass is 9.93. The number of nitrogens with one attached hydrogen (secondary N) is 2. The van der Waals surface area contributed by atoms with Crippen molar-refractivity contribution in [2.24, 2.45) is 5.92 Å². The quantitative estimate of drug-likeness (QED) is 0.894. The van der Waals surface area contributed by atoms with E-state index in [2.05, 4.69) is 36.8 Å². The van der Waals surface area contributed by atoms with Gasteiger partial charge in [0.2, 0.25) is 0 Å². The smallest absolute Gasteiger partial charge is 0.107 e. The lowest BCUT2D eigenvalue weighted by Crippen LogP contribution is -2.50. The summed E-state index contributed by atoms with van der Waals surface area (Å²) in [6.07, 6.45) is 3.91. The summed E-state index contributed by atoms with van der Waals surface area (Å²) >= 11 is 1.78. The molecule has 0 spiro atoms. The number of aromatic nitrogens is 1. The number of thiazole rings is 1. The monoisotopic (exact) mass is 323 g/mol. The van der Waals surface area contributed by atoms with E-state index in [0.717, 1.165) is 26.3 Å². The number of hydrogen-bond donors (Lipinski definition) is 2. The van der Waals surface area contributed by atoms with Gasteiger partial charge in [-0.15, -0.1) is 11.3 Å². The van der Waals surface area contributed by atoms with E-state index < -0.39 is 0 Å². The van der Waals surface area contributed by atoms with Crippen LogP contribution in [-0.4, -0.2) is 36.8 Å². The maximum absolute atomic E-state index is 5.65. The van der Waals surface area contributed by atoms with Crippen LogP contribution in [0.2, 0.25) is 0 Å². The van der Waals surface area contributed by atoms with Gasteiger partial charge in [-0.25, -0.2) is 4.98 Å². The molecule has 3 atom stereocenters. The first-order valence-corrected chi connectivity index (χ1v) is 9.41. The summed E-state index contributed by atoms with van der Waals surface area (Å²) in [5, 5.41) is 10.8. The molecule has 1 aromatic rings. The zero-order chi connectivity index (χ0) is 15.6. The van der Waals surface area contributed by atoms with Crippen molar-refractivity contribution in [2.45, 2.75) is 64.1 Å². The molecule has 0 bridgehead atoms. The Morgan fingerprint density at radius 1 is 1.41 bits per heavy atom. The summed E-state index contributed by atoms with van der Waals surface area (Å²) in [6.45, 7) is 10.3. The molecule has 0 aromatic carbocycles. The predicted molar refractivity (Wildman–Crippen MR) is 91.4 cm³/mol.